The molecule has 3 aromatic rings. The molecular formula is C22H19FN2O2S. The topological polar surface area (TPSA) is 51.2 Å². The third-order valence-electron chi connectivity index (χ3n) is 4.50. The number of pyridine rings is 1. The first-order valence-electron chi connectivity index (χ1n) is 9.00. The van der Waals surface area contributed by atoms with Gasteiger partial charge in [-0.2, -0.15) is 0 Å². The maximum atomic E-state index is 13.4. The molecule has 2 heterocycles. The van der Waals surface area contributed by atoms with E-state index in [1.165, 1.54) is 28.2 Å². The summed E-state index contributed by atoms with van der Waals surface area (Å²) in [6.07, 6.45) is 2.33. The Hall–Kier alpha value is -2.86. The predicted octanol–water partition coefficient (Wildman–Crippen LogP) is 4.65. The second-order valence-corrected chi connectivity index (χ2v) is 7.91. The number of fused-ring (bicyclic) bond motifs is 1. The molecule has 1 aliphatic rings. The Balaban J connectivity index is 1.41. The van der Waals surface area contributed by atoms with Gasteiger partial charge < -0.3 is 10.1 Å². The van der Waals surface area contributed by atoms with Gasteiger partial charge in [-0.05, 0) is 43.2 Å². The minimum Gasteiger partial charge on any atom is -0.439 e. The third kappa shape index (κ3) is 4.17. The van der Waals surface area contributed by atoms with Crippen molar-refractivity contribution in [1.82, 2.24) is 10.3 Å². The summed E-state index contributed by atoms with van der Waals surface area (Å²) >= 11 is 1.60. The Morgan fingerprint density at radius 3 is 3.00 bits per heavy atom. The van der Waals surface area contributed by atoms with E-state index < -0.39 is 0 Å². The predicted molar refractivity (Wildman–Crippen MR) is 107 cm³/mol. The van der Waals surface area contributed by atoms with E-state index in [0.29, 0.717) is 18.2 Å². The van der Waals surface area contributed by atoms with Crippen molar-refractivity contribution in [3.05, 3.63) is 83.3 Å². The van der Waals surface area contributed by atoms with Crippen LogP contribution in [0.1, 0.15) is 16.7 Å². The molecule has 1 aromatic heterocycles. The standard InChI is InChI=1S/C22H19FN2O2S/c1-14-7-8-15-11-20(28-19(15)10-14)21(26)25-13-16-4-3-9-24-22(16)27-18-6-2-5-17(23)12-18/h2-10,12,20H,11,13H2,1H3,(H,25,26)/t20-/m1/s1. The van der Waals surface area contributed by atoms with Gasteiger partial charge in [-0.15, -0.1) is 11.8 Å². The summed E-state index contributed by atoms with van der Waals surface area (Å²) in [6, 6.07) is 15.8. The molecule has 2 aromatic carbocycles. The molecule has 1 atom stereocenters. The third-order valence-corrected chi connectivity index (χ3v) is 5.80. The molecule has 1 N–H and O–H groups in total. The Bertz CT molecular complexity index is 1020. The van der Waals surface area contributed by atoms with Crippen molar-refractivity contribution < 1.29 is 13.9 Å². The van der Waals surface area contributed by atoms with Gasteiger partial charge in [-0.3, -0.25) is 4.79 Å². The molecule has 0 spiro atoms. The molecule has 4 nitrogen and oxygen atoms in total. The molecule has 0 radical (unpaired) electrons. The van der Waals surface area contributed by atoms with E-state index in [9.17, 15) is 9.18 Å². The van der Waals surface area contributed by atoms with Crippen LogP contribution in [0, 0.1) is 12.7 Å². The summed E-state index contributed by atoms with van der Waals surface area (Å²) in [4.78, 5) is 18.0. The number of rotatable bonds is 5. The first-order chi connectivity index (χ1) is 13.6. The molecule has 1 amide bonds. The van der Waals surface area contributed by atoms with Gasteiger partial charge in [0.2, 0.25) is 11.8 Å². The molecule has 28 heavy (non-hydrogen) atoms. The molecule has 4 rings (SSSR count). The van der Waals surface area contributed by atoms with E-state index in [-0.39, 0.29) is 17.0 Å². The average molecular weight is 394 g/mol. The van der Waals surface area contributed by atoms with Gasteiger partial charge in [0.25, 0.3) is 0 Å². The van der Waals surface area contributed by atoms with E-state index in [4.69, 9.17) is 4.74 Å². The van der Waals surface area contributed by atoms with Gasteiger partial charge >= 0.3 is 0 Å². The van der Waals surface area contributed by atoms with Crippen LogP contribution in [0.25, 0.3) is 0 Å². The molecule has 142 valence electrons. The van der Waals surface area contributed by atoms with Crippen molar-refractivity contribution in [2.24, 2.45) is 0 Å². The Morgan fingerprint density at radius 2 is 2.14 bits per heavy atom. The monoisotopic (exact) mass is 394 g/mol. The molecule has 0 saturated heterocycles. The first-order valence-corrected chi connectivity index (χ1v) is 9.87. The van der Waals surface area contributed by atoms with E-state index in [1.54, 1.807) is 36.2 Å². The number of carbonyl (C=O) groups is 1. The number of hydrogen-bond acceptors (Lipinski definition) is 4. The van der Waals surface area contributed by atoms with Gasteiger partial charge in [0.15, 0.2) is 0 Å². The average Bonchev–Trinajstić information content (AvgIpc) is 3.10. The van der Waals surface area contributed by atoms with Crippen LogP contribution < -0.4 is 10.1 Å². The number of benzene rings is 2. The van der Waals surface area contributed by atoms with Crippen LogP contribution in [0.15, 0.2) is 65.7 Å². The second kappa shape index (κ2) is 8.02. The van der Waals surface area contributed by atoms with Crippen LogP contribution in [0.3, 0.4) is 0 Å². The fraction of sp³-hybridized carbons (Fsp3) is 0.182. The van der Waals surface area contributed by atoms with E-state index in [0.717, 1.165) is 12.0 Å². The van der Waals surface area contributed by atoms with Crippen molar-refractivity contribution in [2.75, 3.05) is 0 Å². The highest BCUT2D eigenvalue weighted by Crippen LogP contribution is 2.37. The summed E-state index contributed by atoms with van der Waals surface area (Å²) in [7, 11) is 0. The lowest BCUT2D eigenvalue weighted by atomic mass is 10.1. The number of aromatic nitrogens is 1. The fourth-order valence-electron chi connectivity index (χ4n) is 3.07. The number of nitrogens with one attached hydrogen (secondary N) is 1. The highest BCUT2D eigenvalue weighted by atomic mass is 32.2. The zero-order valence-corrected chi connectivity index (χ0v) is 16.1. The number of aryl methyl sites for hydroxylation is 1. The molecule has 0 bridgehead atoms. The summed E-state index contributed by atoms with van der Waals surface area (Å²) < 4.78 is 19.1. The van der Waals surface area contributed by atoms with Crippen LogP contribution in [0.2, 0.25) is 0 Å². The van der Waals surface area contributed by atoms with Crippen LogP contribution >= 0.6 is 11.8 Å². The summed E-state index contributed by atoms with van der Waals surface area (Å²) in [5.74, 6) is 0.325. The highest BCUT2D eigenvalue weighted by molar-refractivity contribution is 8.01. The smallest absolute Gasteiger partial charge is 0.234 e. The van der Waals surface area contributed by atoms with Crippen LogP contribution in [0.5, 0.6) is 11.6 Å². The number of nitrogens with zero attached hydrogens (tertiary/aromatic N) is 1. The van der Waals surface area contributed by atoms with Gasteiger partial charge in [-0.25, -0.2) is 9.37 Å². The molecule has 0 saturated carbocycles. The van der Waals surface area contributed by atoms with Crippen molar-refractivity contribution in [3.63, 3.8) is 0 Å². The Kier molecular flexibility index (Phi) is 5.30. The molecule has 0 fully saturated rings. The van der Waals surface area contributed by atoms with Crippen molar-refractivity contribution >= 4 is 17.7 Å². The Labute approximate surface area is 167 Å². The lowest BCUT2D eigenvalue weighted by Crippen LogP contribution is -2.32. The van der Waals surface area contributed by atoms with Gasteiger partial charge in [0, 0.05) is 29.3 Å². The van der Waals surface area contributed by atoms with Gasteiger partial charge in [-0.1, -0.05) is 29.8 Å². The van der Waals surface area contributed by atoms with Crippen LogP contribution in [0.4, 0.5) is 4.39 Å². The fourth-order valence-corrected chi connectivity index (χ4v) is 4.39. The summed E-state index contributed by atoms with van der Waals surface area (Å²) in [5, 5.41) is 2.84. The molecule has 1 aliphatic heterocycles. The van der Waals surface area contributed by atoms with E-state index in [2.05, 4.69) is 35.4 Å². The summed E-state index contributed by atoms with van der Waals surface area (Å²) in [6.45, 7) is 2.35. The maximum Gasteiger partial charge on any atom is 0.234 e. The van der Waals surface area contributed by atoms with Crippen molar-refractivity contribution in [2.45, 2.75) is 30.0 Å². The van der Waals surface area contributed by atoms with Crippen LogP contribution in [-0.2, 0) is 17.8 Å². The molecule has 6 heteroatoms. The minimum absolute atomic E-state index is 0.0144. The Morgan fingerprint density at radius 1 is 1.25 bits per heavy atom. The number of thioether (sulfide) groups is 1. The summed E-state index contributed by atoms with van der Waals surface area (Å²) in [5.41, 5.74) is 3.14. The zero-order valence-electron chi connectivity index (χ0n) is 15.3. The molecular weight excluding hydrogens is 375 g/mol. The number of carbonyl (C=O) groups excluding carboxylic acids is 1. The second-order valence-electron chi connectivity index (χ2n) is 6.67. The number of ether oxygens (including phenoxy) is 1. The van der Waals surface area contributed by atoms with Crippen molar-refractivity contribution in [1.29, 1.82) is 0 Å². The van der Waals surface area contributed by atoms with Crippen molar-refractivity contribution in [3.8, 4) is 11.6 Å². The highest BCUT2D eigenvalue weighted by Gasteiger charge is 2.28. The minimum atomic E-state index is -0.378. The zero-order chi connectivity index (χ0) is 19.5. The maximum absolute atomic E-state index is 13.4. The normalized spacial score (nSPS) is 15.1. The number of hydrogen-bond donors (Lipinski definition) is 1. The van der Waals surface area contributed by atoms with E-state index >= 15 is 0 Å². The number of amides is 1. The van der Waals surface area contributed by atoms with Crippen LogP contribution in [-0.4, -0.2) is 16.1 Å². The SMILES string of the molecule is Cc1ccc2c(c1)S[C@@H](C(=O)NCc1cccnc1Oc1cccc(F)c1)C2. The van der Waals surface area contributed by atoms with Gasteiger partial charge in [0.05, 0.1) is 5.25 Å². The largest absolute Gasteiger partial charge is 0.439 e. The van der Waals surface area contributed by atoms with E-state index in [1.807, 2.05) is 6.07 Å². The first kappa shape index (κ1) is 18.5. The molecule has 0 unspecified atom stereocenters. The number of halogens is 1. The quantitative estimate of drug-likeness (QED) is 0.684. The lowest BCUT2D eigenvalue weighted by Gasteiger charge is -2.13. The lowest BCUT2D eigenvalue weighted by molar-refractivity contribution is -0.120. The molecule has 0 aliphatic carbocycles. The van der Waals surface area contributed by atoms with Gasteiger partial charge in [0.1, 0.15) is 11.6 Å².